The first-order valence-electron chi connectivity index (χ1n) is 7.75. The van der Waals surface area contributed by atoms with E-state index in [0.29, 0.717) is 12.5 Å². The van der Waals surface area contributed by atoms with Crippen LogP contribution in [0.25, 0.3) is 0 Å². The minimum absolute atomic E-state index is 0.235. The Balaban J connectivity index is 2.10. The van der Waals surface area contributed by atoms with Gasteiger partial charge in [-0.2, -0.15) is 0 Å². The molecule has 1 aliphatic rings. The van der Waals surface area contributed by atoms with Gasteiger partial charge in [-0.25, -0.2) is 4.79 Å². The van der Waals surface area contributed by atoms with Crippen LogP contribution in [0, 0.1) is 0 Å². The molecule has 0 bridgehead atoms. The summed E-state index contributed by atoms with van der Waals surface area (Å²) in [5, 5.41) is 0. The normalized spacial score (nSPS) is 16.6. The fourth-order valence-electron chi connectivity index (χ4n) is 2.96. The standard InChI is InChI=1S/C18H25NO2/c1-19(17-11-7-4-8-12-17)14-16(18(20)21-2)13-15-9-5-3-6-10-15/h3,5-6,9-10,14,17H,4,7-8,11-13H2,1-2H3/b16-14-. The molecule has 1 aromatic rings. The van der Waals surface area contributed by atoms with Crippen LogP contribution in [0.4, 0.5) is 0 Å². The minimum Gasteiger partial charge on any atom is -0.466 e. The molecule has 0 heterocycles. The lowest BCUT2D eigenvalue weighted by molar-refractivity contribution is -0.136. The fraction of sp³-hybridized carbons (Fsp3) is 0.500. The van der Waals surface area contributed by atoms with Gasteiger partial charge < -0.3 is 9.64 Å². The van der Waals surface area contributed by atoms with Crippen LogP contribution in [0.1, 0.15) is 37.7 Å². The number of carbonyl (C=O) groups excluding carboxylic acids is 1. The van der Waals surface area contributed by atoms with Gasteiger partial charge in [0.2, 0.25) is 0 Å². The zero-order valence-corrected chi connectivity index (χ0v) is 13.0. The van der Waals surface area contributed by atoms with E-state index in [1.807, 2.05) is 36.5 Å². The van der Waals surface area contributed by atoms with Gasteiger partial charge in [0.1, 0.15) is 0 Å². The maximum absolute atomic E-state index is 12.0. The van der Waals surface area contributed by atoms with E-state index in [1.165, 1.54) is 39.2 Å². The quantitative estimate of drug-likeness (QED) is 0.612. The van der Waals surface area contributed by atoms with E-state index < -0.39 is 0 Å². The molecule has 0 aromatic heterocycles. The molecule has 1 saturated carbocycles. The SMILES string of the molecule is COC(=O)/C(=C\N(C)C1CCCCC1)Cc1ccccc1. The molecule has 3 heteroatoms. The number of rotatable bonds is 5. The molecule has 3 nitrogen and oxygen atoms in total. The van der Waals surface area contributed by atoms with Crippen LogP contribution < -0.4 is 0 Å². The predicted molar refractivity (Wildman–Crippen MR) is 84.9 cm³/mol. The number of nitrogens with zero attached hydrogens (tertiary/aromatic N) is 1. The average Bonchev–Trinajstić information content (AvgIpc) is 2.55. The highest BCUT2D eigenvalue weighted by Gasteiger charge is 2.18. The lowest BCUT2D eigenvalue weighted by atomic mass is 9.94. The lowest BCUT2D eigenvalue weighted by Gasteiger charge is -2.30. The van der Waals surface area contributed by atoms with Gasteiger partial charge in [0.25, 0.3) is 0 Å². The molecular weight excluding hydrogens is 262 g/mol. The largest absolute Gasteiger partial charge is 0.466 e. The Hall–Kier alpha value is -1.77. The zero-order chi connectivity index (χ0) is 15.1. The highest BCUT2D eigenvalue weighted by atomic mass is 16.5. The lowest BCUT2D eigenvalue weighted by Crippen LogP contribution is -2.30. The Morgan fingerprint density at radius 1 is 1.24 bits per heavy atom. The van der Waals surface area contributed by atoms with Gasteiger partial charge in [0.05, 0.1) is 12.7 Å². The molecular formula is C18H25NO2. The highest BCUT2D eigenvalue weighted by molar-refractivity contribution is 5.88. The van der Waals surface area contributed by atoms with Crippen LogP contribution in [0.3, 0.4) is 0 Å². The molecule has 0 unspecified atom stereocenters. The molecule has 0 aliphatic heterocycles. The van der Waals surface area contributed by atoms with Crippen molar-refractivity contribution >= 4 is 5.97 Å². The molecule has 0 saturated heterocycles. The van der Waals surface area contributed by atoms with Crippen LogP contribution in [-0.4, -0.2) is 31.1 Å². The Morgan fingerprint density at radius 3 is 2.52 bits per heavy atom. The summed E-state index contributed by atoms with van der Waals surface area (Å²) >= 11 is 0. The number of esters is 1. The van der Waals surface area contributed by atoms with E-state index in [4.69, 9.17) is 4.74 Å². The summed E-state index contributed by atoms with van der Waals surface area (Å²) in [6.45, 7) is 0. The third kappa shape index (κ3) is 4.62. The zero-order valence-electron chi connectivity index (χ0n) is 13.0. The molecule has 114 valence electrons. The van der Waals surface area contributed by atoms with E-state index in [1.54, 1.807) is 0 Å². The van der Waals surface area contributed by atoms with Crippen molar-refractivity contribution in [3.63, 3.8) is 0 Å². The number of hydrogen-bond donors (Lipinski definition) is 0. The first-order valence-corrected chi connectivity index (χ1v) is 7.75. The third-order valence-corrected chi connectivity index (χ3v) is 4.20. The maximum Gasteiger partial charge on any atom is 0.335 e. The Labute approximate surface area is 127 Å². The summed E-state index contributed by atoms with van der Waals surface area (Å²) in [5.74, 6) is -0.235. The smallest absolute Gasteiger partial charge is 0.335 e. The van der Waals surface area contributed by atoms with Crippen LogP contribution in [0.5, 0.6) is 0 Å². The van der Waals surface area contributed by atoms with Gasteiger partial charge in [-0.1, -0.05) is 49.6 Å². The molecule has 0 amide bonds. The third-order valence-electron chi connectivity index (χ3n) is 4.20. The van der Waals surface area contributed by atoms with Crippen molar-refractivity contribution in [3.8, 4) is 0 Å². The van der Waals surface area contributed by atoms with E-state index in [9.17, 15) is 4.79 Å². The van der Waals surface area contributed by atoms with Crippen molar-refractivity contribution in [2.75, 3.05) is 14.2 Å². The molecule has 1 fully saturated rings. The number of methoxy groups -OCH3 is 1. The van der Waals surface area contributed by atoms with E-state index in [-0.39, 0.29) is 5.97 Å². The Morgan fingerprint density at radius 2 is 1.90 bits per heavy atom. The topological polar surface area (TPSA) is 29.5 Å². The molecule has 0 N–H and O–H groups in total. The number of ether oxygens (including phenoxy) is 1. The van der Waals surface area contributed by atoms with Gasteiger partial charge in [-0.3, -0.25) is 0 Å². The fourth-order valence-corrected chi connectivity index (χ4v) is 2.96. The Bertz CT molecular complexity index is 475. The number of benzene rings is 1. The number of carbonyl (C=O) groups is 1. The van der Waals surface area contributed by atoms with Gasteiger partial charge in [-0.05, 0) is 18.4 Å². The maximum atomic E-state index is 12.0. The highest BCUT2D eigenvalue weighted by Crippen LogP contribution is 2.22. The predicted octanol–water partition coefficient (Wildman–Crippen LogP) is 3.55. The van der Waals surface area contributed by atoms with E-state index in [0.717, 1.165) is 11.1 Å². The van der Waals surface area contributed by atoms with Crippen LogP contribution >= 0.6 is 0 Å². The second-order valence-corrected chi connectivity index (χ2v) is 5.77. The van der Waals surface area contributed by atoms with Crippen molar-refractivity contribution in [3.05, 3.63) is 47.7 Å². The summed E-state index contributed by atoms with van der Waals surface area (Å²) in [7, 11) is 3.52. The minimum atomic E-state index is -0.235. The van der Waals surface area contributed by atoms with Crippen molar-refractivity contribution in [2.45, 2.75) is 44.6 Å². The van der Waals surface area contributed by atoms with Crippen LogP contribution in [-0.2, 0) is 16.0 Å². The monoisotopic (exact) mass is 287 g/mol. The van der Waals surface area contributed by atoms with Crippen LogP contribution in [0.15, 0.2) is 42.1 Å². The van der Waals surface area contributed by atoms with E-state index >= 15 is 0 Å². The van der Waals surface area contributed by atoms with Gasteiger partial charge >= 0.3 is 5.97 Å². The summed E-state index contributed by atoms with van der Waals surface area (Å²) < 4.78 is 4.94. The molecule has 21 heavy (non-hydrogen) atoms. The first kappa shape index (κ1) is 15.6. The summed E-state index contributed by atoms with van der Waals surface area (Å²) in [5.41, 5.74) is 1.85. The average molecular weight is 287 g/mol. The molecule has 0 radical (unpaired) electrons. The number of hydrogen-bond acceptors (Lipinski definition) is 3. The van der Waals surface area contributed by atoms with Crippen molar-refractivity contribution in [2.24, 2.45) is 0 Å². The Kier molecular flexibility index (Phi) is 5.85. The van der Waals surface area contributed by atoms with E-state index in [2.05, 4.69) is 11.9 Å². The summed E-state index contributed by atoms with van der Waals surface area (Å²) in [6, 6.07) is 10.6. The second-order valence-electron chi connectivity index (χ2n) is 5.77. The molecule has 2 rings (SSSR count). The van der Waals surface area contributed by atoms with Crippen molar-refractivity contribution in [1.82, 2.24) is 4.90 Å². The van der Waals surface area contributed by atoms with Crippen molar-refractivity contribution < 1.29 is 9.53 Å². The molecule has 1 aliphatic carbocycles. The van der Waals surface area contributed by atoms with Gasteiger partial charge in [0.15, 0.2) is 0 Å². The van der Waals surface area contributed by atoms with Gasteiger partial charge in [0, 0.05) is 25.7 Å². The molecule has 0 atom stereocenters. The second kappa shape index (κ2) is 7.87. The van der Waals surface area contributed by atoms with Crippen molar-refractivity contribution in [1.29, 1.82) is 0 Å². The van der Waals surface area contributed by atoms with Gasteiger partial charge in [-0.15, -0.1) is 0 Å². The summed E-state index contributed by atoms with van der Waals surface area (Å²) in [4.78, 5) is 14.2. The first-order chi connectivity index (χ1) is 10.2. The molecule has 1 aromatic carbocycles. The molecule has 0 spiro atoms. The van der Waals surface area contributed by atoms with Crippen LogP contribution in [0.2, 0.25) is 0 Å². The summed E-state index contributed by atoms with van der Waals surface area (Å²) in [6.07, 6.45) is 8.94.